The zero-order chi connectivity index (χ0) is 14.0. The normalized spacial score (nSPS) is 17.6. The highest BCUT2D eigenvalue weighted by molar-refractivity contribution is 6.37. The average Bonchev–Trinajstić information content (AvgIpc) is 2.32. The highest BCUT2D eigenvalue weighted by Gasteiger charge is 2.33. The Balaban J connectivity index is 2.22. The molecular formula is C13H12Cl2O4. The van der Waals surface area contributed by atoms with Crippen LogP contribution >= 0.6 is 23.2 Å². The van der Waals surface area contributed by atoms with Crippen molar-refractivity contribution in [2.24, 2.45) is 5.92 Å². The zero-order valence-corrected chi connectivity index (χ0v) is 11.8. The van der Waals surface area contributed by atoms with Crippen molar-refractivity contribution >= 4 is 35.0 Å². The number of carbonyl (C=O) groups is 2. The van der Waals surface area contributed by atoms with Crippen LogP contribution in [0.1, 0.15) is 23.7 Å². The van der Waals surface area contributed by atoms with Gasteiger partial charge in [-0.3, -0.25) is 9.59 Å². The van der Waals surface area contributed by atoms with Crippen LogP contribution in [-0.4, -0.2) is 25.0 Å². The Morgan fingerprint density at radius 2 is 2.21 bits per heavy atom. The SMILES string of the molecule is CCOC(=O)C[C@@H]1COc2cc(Cl)cc(Cl)c2C1=O. The van der Waals surface area contributed by atoms with Crippen molar-refractivity contribution in [3.8, 4) is 5.75 Å². The highest BCUT2D eigenvalue weighted by atomic mass is 35.5. The molecule has 0 aliphatic carbocycles. The van der Waals surface area contributed by atoms with E-state index in [1.54, 1.807) is 13.0 Å². The molecule has 0 radical (unpaired) electrons. The number of esters is 1. The number of halogens is 2. The summed E-state index contributed by atoms with van der Waals surface area (Å²) in [5, 5.41) is 0.640. The van der Waals surface area contributed by atoms with Gasteiger partial charge in [0, 0.05) is 5.02 Å². The third-order valence-electron chi connectivity index (χ3n) is 2.79. The van der Waals surface area contributed by atoms with Crippen LogP contribution in [0.4, 0.5) is 0 Å². The number of hydrogen-bond donors (Lipinski definition) is 0. The highest BCUT2D eigenvalue weighted by Crippen LogP contribution is 2.36. The molecule has 0 N–H and O–H groups in total. The average molecular weight is 303 g/mol. The summed E-state index contributed by atoms with van der Waals surface area (Å²) in [4.78, 5) is 23.7. The lowest BCUT2D eigenvalue weighted by Crippen LogP contribution is -2.30. The number of rotatable bonds is 3. The first-order chi connectivity index (χ1) is 9.02. The van der Waals surface area contributed by atoms with Gasteiger partial charge in [0.15, 0.2) is 5.78 Å². The molecule has 6 heteroatoms. The topological polar surface area (TPSA) is 52.6 Å². The lowest BCUT2D eigenvalue weighted by atomic mass is 9.92. The maximum atomic E-state index is 12.3. The molecule has 0 saturated heterocycles. The molecule has 4 nitrogen and oxygen atoms in total. The van der Waals surface area contributed by atoms with Crippen molar-refractivity contribution in [1.29, 1.82) is 0 Å². The van der Waals surface area contributed by atoms with E-state index in [9.17, 15) is 9.59 Å². The van der Waals surface area contributed by atoms with Crippen LogP contribution < -0.4 is 4.74 Å². The summed E-state index contributed by atoms with van der Waals surface area (Å²) in [6.07, 6.45) is -0.00886. The van der Waals surface area contributed by atoms with Gasteiger partial charge >= 0.3 is 5.97 Å². The van der Waals surface area contributed by atoms with Crippen LogP contribution in [0.15, 0.2) is 12.1 Å². The van der Waals surface area contributed by atoms with Crippen LogP contribution in [0.2, 0.25) is 10.0 Å². The van der Waals surface area contributed by atoms with Gasteiger partial charge in [-0.1, -0.05) is 23.2 Å². The maximum absolute atomic E-state index is 12.3. The number of hydrogen-bond acceptors (Lipinski definition) is 4. The largest absolute Gasteiger partial charge is 0.492 e. The number of benzene rings is 1. The quantitative estimate of drug-likeness (QED) is 0.805. The van der Waals surface area contributed by atoms with Crippen LogP contribution in [0.5, 0.6) is 5.75 Å². The van der Waals surface area contributed by atoms with Crippen LogP contribution in [-0.2, 0) is 9.53 Å². The van der Waals surface area contributed by atoms with Crippen molar-refractivity contribution in [2.45, 2.75) is 13.3 Å². The molecule has 2 rings (SSSR count). The van der Waals surface area contributed by atoms with E-state index >= 15 is 0 Å². The molecular weight excluding hydrogens is 291 g/mol. The summed E-state index contributed by atoms with van der Waals surface area (Å²) >= 11 is 11.8. The van der Waals surface area contributed by atoms with Gasteiger partial charge in [-0.25, -0.2) is 0 Å². The second kappa shape index (κ2) is 5.80. The summed E-state index contributed by atoms with van der Waals surface area (Å²) in [6, 6.07) is 3.03. The lowest BCUT2D eigenvalue weighted by molar-refractivity contribution is -0.144. The van der Waals surface area contributed by atoms with E-state index in [2.05, 4.69) is 0 Å². The van der Waals surface area contributed by atoms with Crippen molar-refractivity contribution in [3.05, 3.63) is 27.7 Å². The fourth-order valence-corrected chi connectivity index (χ4v) is 2.51. The number of Topliss-reactive ketones (excluding diaryl/α,β-unsaturated/α-hetero) is 1. The second-order valence-electron chi connectivity index (χ2n) is 4.14. The van der Waals surface area contributed by atoms with Gasteiger partial charge in [0.25, 0.3) is 0 Å². The molecule has 102 valence electrons. The van der Waals surface area contributed by atoms with Gasteiger partial charge < -0.3 is 9.47 Å². The minimum atomic E-state index is -0.565. The smallest absolute Gasteiger partial charge is 0.306 e. The molecule has 0 aromatic heterocycles. The Labute approximate surface area is 120 Å². The summed E-state index contributed by atoms with van der Waals surface area (Å²) in [5.74, 6) is -0.832. The van der Waals surface area contributed by atoms with Gasteiger partial charge in [0.1, 0.15) is 5.75 Å². The Bertz CT molecular complexity index is 528. The molecule has 0 spiro atoms. The van der Waals surface area contributed by atoms with E-state index in [-0.39, 0.29) is 36.0 Å². The van der Waals surface area contributed by atoms with E-state index in [1.807, 2.05) is 0 Å². The second-order valence-corrected chi connectivity index (χ2v) is 4.99. The van der Waals surface area contributed by atoms with Crippen molar-refractivity contribution in [2.75, 3.05) is 13.2 Å². The van der Waals surface area contributed by atoms with E-state index in [0.29, 0.717) is 10.8 Å². The van der Waals surface area contributed by atoms with E-state index < -0.39 is 11.9 Å². The fourth-order valence-electron chi connectivity index (χ4n) is 1.95. The first-order valence-electron chi connectivity index (χ1n) is 5.84. The predicted molar refractivity (Wildman–Crippen MR) is 71.0 cm³/mol. The Kier molecular flexibility index (Phi) is 4.32. The van der Waals surface area contributed by atoms with Gasteiger partial charge in [0.2, 0.25) is 0 Å². The molecule has 19 heavy (non-hydrogen) atoms. The Morgan fingerprint density at radius 1 is 1.47 bits per heavy atom. The first-order valence-corrected chi connectivity index (χ1v) is 6.60. The minimum Gasteiger partial charge on any atom is -0.492 e. The van der Waals surface area contributed by atoms with Gasteiger partial charge in [0.05, 0.1) is 36.1 Å². The Morgan fingerprint density at radius 3 is 2.89 bits per heavy atom. The van der Waals surface area contributed by atoms with Crippen LogP contribution in [0, 0.1) is 5.92 Å². The van der Waals surface area contributed by atoms with Gasteiger partial charge in [-0.05, 0) is 19.1 Å². The van der Waals surface area contributed by atoms with Gasteiger partial charge in [-0.15, -0.1) is 0 Å². The monoisotopic (exact) mass is 302 g/mol. The van der Waals surface area contributed by atoms with Crippen molar-refractivity contribution < 1.29 is 19.1 Å². The summed E-state index contributed by atoms with van der Waals surface area (Å²) in [5.41, 5.74) is 0.284. The van der Waals surface area contributed by atoms with E-state index in [0.717, 1.165) is 0 Å². The number of ketones is 1. The van der Waals surface area contributed by atoms with Crippen LogP contribution in [0.25, 0.3) is 0 Å². The summed E-state index contributed by atoms with van der Waals surface area (Å²) < 4.78 is 10.3. The molecule has 1 heterocycles. The Hall–Kier alpha value is -1.26. The number of carbonyl (C=O) groups excluding carboxylic acids is 2. The summed E-state index contributed by atoms with van der Waals surface area (Å²) in [7, 11) is 0. The molecule has 1 aliphatic heterocycles. The maximum Gasteiger partial charge on any atom is 0.306 e. The molecule has 0 saturated carbocycles. The fraction of sp³-hybridized carbons (Fsp3) is 0.385. The van der Waals surface area contributed by atoms with Crippen molar-refractivity contribution in [3.63, 3.8) is 0 Å². The molecule has 0 amide bonds. The third-order valence-corrected chi connectivity index (χ3v) is 3.31. The molecule has 1 aliphatic rings. The zero-order valence-electron chi connectivity index (χ0n) is 10.2. The third kappa shape index (κ3) is 3.01. The minimum absolute atomic E-state index is 0.00886. The molecule has 0 unspecified atom stereocenters. The van der Waals surface area contributed by atoms with E-state index in [4.69, 9.17) is 32.7 Å². The standard InChI is InChI=1S/C13H12Cl2O4/c1-2-18-11(16)3-7-6-19-10-5-8(14)4-9(15)12(10)13(7)17/h4-5,7H,2-3,6H2,1H3/t7-/m1/s1. The molecule has 1 aromatic carbocycles. The van der Waals surface area contributed by atoms with Crippen molar-refractivity contribution in [1.82, 2.24) is 0 Å². The number of fused-ring (bicyclic) bond motifs is 1. The van der Waals surface area contributed by atoms with Crippen LogP contribution in [0.3, 0.4) is 0 Å². The van der Waals surface area contributed by atoms with Gasteiger partial charge in [-0.2, -0.15) is 0 Å². The molecule has 0 fully saturated rings. The predicted octanol–water partition coefficient (Wildman–Crippen LogP) is 3.14. The lowest BCUT2D eigenvalue weighted by Gasteiger charge is -2.24. The molecule has 1 atom stereocenters. The van der Waals surface area contributed by atoms with E-state index in [1.165, 1.54) is 6.07 Å². The molecule has 1 aromatic rings. The molecule has 0 bridgehead atoms. The number of ether oxygens (including phenoxy) is 2. The first kappa shape index (κ1) is 14.2. The summed E-state index contributed by atoms with van der Waals surface area (Å²) in [6.45, 7) is 2.13.